The Hall–Kier alpha value is -0.500. The Morgan fingerprint density at radius 1 is 1.71 bits per heavy atom. The molecule has 94 valence electrons. The summed E-state index contributed by atoms with van der Waals surface area (Å²) in [4.78, 5) is 12.1. The second kappa shape index (κ2) is 5.43. The minimum atomic E-state index is -0.491. The topological polar surface area (TPSA) is 52.3 Å². The van der Waals surface area contributed by atoms with Crippen LogP contribution in [-0.2, 0) is 9.53 Å². The van der Waals surface area contributed by atoms with E-state index in [0.29, 0.717) is 13.0 Å². The van der Waals surface area contributed by atoms with Gasteiger partial charge < -0.3 is 10.5 Å². The molecule has 0 amide bonds. The summed E-state index contributed by atoms with van der Waals surface area (Å²) in [6.45, 7) is 0.680. The van der Waals surface area contributed by atoms with Crippen molar-refractivity contribution in [2.75, 3.05) is 18.1 Å². The molecule has 2 N–H and O–H groups in total. The molecule has 17 heavy (non-hydrogen) atoms. The number of ether oxygens (including phenoxy) is 1. The third kappa shape index (κ3) is 2.85. The lowest BCUT2D eigenvalue weighted by atomic mass is 9.81. The maximum atomic E-state index is 12.1. The number of hydrogen-bond donors (Lipinski definition) is 1. The summed E-state index contributed by atoms with van der Waals surface area (Å²) in [5.74, 6) is 4.79. The molecule has 2 fully saturated rings. The molecular formula is C13H19NO2S. The van der Waals surface area contributed by atoms with Gasteiger partial charge >= 0.3 is 0 Å². The summed E-state index contributed by atoms with van der Waals surface area (Å²) < 4.78 is 5.89. The third-order valence-electron chi connectivity index (χ3n) is 3.67. The van der Waals surface area contributed by atoms with Crippen LogP contribution < -0.4 is 5.73 Å². The van der Waals surface area contributed by atoms with Gasteiger partial charge in [-0.1, -0.05) is 0 Å². The Bertz CT molecular complexity index is 331. The monoisotopic (exact) mass is 253 g/mol. The van der Waals surface area contributed by atoms with Gasteiger partial charge in [0.1, 0.15) is 0 Å². The van der Waals surface area contributed by atoms with E-state index in [-0.39, 0.29) is 17.3 Å². The molecule has 3 nitrogen and oxygen atoms in total. The SMILES string of the molecule is C#CCC(N)C(=O)C1CCOC2(CCSC2)C1. The first kappa shape index (κ1) is 12.9. The van der Waals surface area contributed by atoms with Crippen LogP contribution in [0.4, 0.5) is 0 Å². The van der Waals surface area contributed by atoms with E-state index in [1.165, 1.54) is 0 Å². The predicted molar refractivity (Wildman–Crippen MR) is 69.8 cm³/mol. The molecule has 2 aliphatic rings. The molecule has 0 aromatic heterocycles. The summed E-state index contributed by atoms with van der Waals surface area (Å²) in [6, 6.07) is -0.491. The number of hydrogen-bond acceptors (Lipinski definition) is 4. The molecule has 0 bridgehead atoms. The van der Waals surface area contributed by atoms with Crippen LogP contribution in [0, 0.1) is 18.3 Å². The summed E-state index contributed by atoms with van der Waals surface area (Å²) in [7, 11) is 0. The number of carbonyl (C=O) groups is 1. The van der Waals surface area contributed by atoms with Gasteiger partial charge in [0.15, 0.2) is 5.78 Å². The van der Waals surface area contributed by atoms with E-state index in [1.54, 1.807) is 0 Å². The van der Waals surface area contributed by atoms with Crippen molar-refractivity contribution in [2.45, 2.75) is 37.3 Å². The average molecular weight is 253 g/mol. The van der Waals surface area contributed by atoms with Gasteiger partial charge in [-0.3, -0.25) is 4.79 Å². The minimum Gasteiger partial charge on any atom is -0.374 e. The molecule has 2 saturated heterocycles. The molecule has 0 aliphatic carbocycles. The normalized spacial score (nSPS) is 34.5. The van der Waals surface area contributed by atoms with Gasteiger partial charge in [-0.05, 0) is 25.0 Å². The van der Waals surface area contributed by atoms with E-state index in [4.69, 9.17) is 16.9 Å². The zero-order valence-electron chi connectivity index (χ0n) is 9.98. The molecule has 2 aliphatic heterocycles. The van der Waals surface area contributed by atoms with E-state index in [9.17, 15) is 4.79 Å². The molecule has 4 heteroatoms. The molecule has 1 spiro atoms. The lowest BCUT2D eigenvalue weighted by molar-refractivity contribution is -0.135. The first-order chi connectivity index (χ1) is 8.17. The highest BCUT2D eigenvalue weighted by atomic mass is 32.2. The van der Waals surface area contributed by atoms with Crippen molar-refractivity contribution >= 4 is 17.5 Å². The first-order valence-electron chi connectivity index (χ1n) is 6.11. The Morgan fingerprint density at radius 3 is 3.18 bits per heavy atom. The third-order valence-corrected chi connectivity index (χ3v) is 4.89. The minimum absolute atomic E-state index is 0.0470. The standard InChI is InChI=1S/C13H19NO2S/c1-2-3-11(14)12(15)10-4-6-16-13(8-10)5-7-17-9-13/h1,10-11H,3-9,14H2. The van der Waals surface area contributed by atoms with Crippen molar-refractivity contribution in [2.24, 2.45) is 11.7 Å². The van der Waals surface area contributed by atoms with E-state index in [1.807, 2.05) is 11.8 Å². The summed E-state index contributed by atoms with van der Waals surface area (Å²) in [6.07, 6.45) is 8.23. The lowest BCUT2D eigenvalue weighted by Gasteiger charge is -2.37. The van der Waals surface area contributed by atoms with E-state index in [2.05, 4.69) is 5.92 Å². The van der Waals surface area contributed by atoms with Crippen molar-refractivity contribution in [1.82, 2.24) is 0 Å². The van der Waals surface area contributed by atoms with Crippen molar-refractivity contribution < 1.29 is 9.53 Å². The molecule has 0 saturated carbocycles. The Morgan fingerprint density at radius 2 is 2.53 bits per heavy atom. The number of ketones is 1. The average Bonchev–Trinajstić information content (AvgIpc) is 2.76. The van der Waals surface area contributed by atoms with Crippen LogP contribution in [-0.4, -0.2) is 35.5 Å². The van der Waals surface area contributed by atoms with Gasteiger partial charge in [-0.15, -0.1) is 12.3 Å². The van der Waals surface area contributed by atoms with Crippen LogP contribution in [0.5, 0.6) is 0 Å². The largest absolute Gasteiger partial charge is 0.374 e. The van der Waals surface area contributed by atoms with E-state index >= 15 is 0 Å². The van der Waals surface area contributed by atoms with Crippen molar-refractivity contribution in [1.29, 1.82) is 0 Å². The van der Waals surface area contributed by atoms with Crippen LogP contribution in [0.3, 0.4) is 0 Å². The zero-order chi connectivity index (χ0) is 12.3. The highest BCUT2D eigenvalue weighted by Crippen LogP contribution is 2.40. The predicted octanol–water partition coefficient (Wildman–Crippen LogP) is 1.21. The second-order valence-corrected chi connectivity index (χ2v) is 6.05. The van der Waals surface area contributed by atoms with Gasteiger partial charge in [0.05, 0.1) is 11.6 Å². The fourth-order valence-electron chi connectivity index (χ4n) is 2.66. The highest BCUT2D eigenvalue weighted by molar-refractivity contribution is 7.99. The van der Waals surface area contributed by atoms with Crippen LogP contribution in [0.25, 0.3) is 0 Å². The van der Waals surface area contributed by atoms with Crippen LogP contribution in [0.1, 0.15) is 25.7 Å². The van der Waals surface area contributed by atoms with Crippen molar-refractivity contribution in [3.8, 4) is 12.3 Å². The second-order valence-electron chi connectivity index (χ2n) is 4.94. The van der Waals surface area contributed by atoms with Crippen molar-refractivity contribution in [3.05, 3.63) is 0 Å². The molecule has 3 unspecified atom stereocenters. The van der Waals surface area contributed by atoms with Gasteiger partial charge in [0.2, 0.25) is 0 Å². The molecule has 0 aromatic rings. The quantitative estimate of drug-likeness (QED) is 0.768. The number of Topliss-reactive ketones (excluding diaryl/α,β-unsaturated/α-hetero) is 1. The van der Waals surface area contributed by atoms with E-state index < -0.39 is 6.04 Å². The Balaban J connectivity index is 1.97. The van der Waals surface area contributed by atoms with Gasteiger partial charge in [0.25, 0.3) is 0 Å². The smallest absolute Gasteiger partial charge is 0.153 e. The number of terminal acetylenes is 1. The lowest BCUT2D eigenvalue weighted by Crippen LogP contribution is -2.45. The van der Waals surface area contributed by atoms with Gasteiger partial charge in [0, 0.05) is 24.7 Å². The highest BCUT2D eigenvalue weighted by Gasteiger charge is 2.42. The summed E-state index contributed by atoms with van der Waals surface area (Å²) in [5, 5.41) is 0. The van der Waals surface area contributed by atoms with Crippen LogP contribution in [0.2, 0.25) is 0 Å². The Labute approximate surface area is 107 Å². The number of carbonyl (C=O) groups excluding carboxylic acids is 1. The molecule has 2 rings (SSSR count). The first-order valence-corrected chi connectivity index (χ1v) is 7.27. The fraction of sp³-hybridized carbons (Fsp3) is 0.769. The molecule has 0 radical (unpaired) electrons. The zero-order valence-corrected chi connectivity index (χ0v) is 10.8. The molecule has 3 atom stereocenters. The number of rotatable bonds is 3. The molecule has 2 heterocycles. The van der Waals surface area contributed by atoms with Gasteiger partial charge in [-0.2, -0.15) is 11.8 Å². The summed E-state index contributed by atoms with van der Waals surface area (Å²) >= 11 is 1.91. The maximum absolute atomic E-state index is 12.1. The molecular weight excluding hydrogens is 234 g/mol. The maximum Gasteiger partial charge on any atom is 0.153 e. The number of nitrogens with two attached hydrogens (primary N) is 1. The Kier molecular flexibility index (Phi) is 4.13. The summed E-state index contributed by atoms with van der Waals surface area (Å²) in [5.41, 5.74) is 5.75. The fourth-order valence-corrected chi connectivity index (χ4v) is 4.04. The van der Waals surface area contributed by atoms with E-state index in [0.717, 1.165) is 30.8 Å². The van der Waals surface area contributed by atoms with Crippen LogP contribution in [0.15, 0.2) is 0 Å². The number of thioether (sulfide) groups is 1. The molecule has 0 aromatic carbocycles. The van der Waals surface area contributed by atoms with Crippen molar-refractivity contribution in [3.63, 3.8) is 0 Å². The van der Waals surface area contributed by atoms with Crippen LogP contribution >= 0.6 is 11.8 Å². The van der Waals surface area contributed by atoms with Gasteiger partial charge in [-0.25, -0.2) is 0 Å².